The predicted molar refractivity (Wildman–Crippen MR) is 124 cm³/mol. The number of anilines is 1. The van der Waals surface area contributed by atoms with Crippen molar-refractivity contribution < 1.29 is 9.59 Å². The van der Waals surface area contributed by atoms with Crippen LogP contribution in [-0.2, 0) is 9.59 Å². The Labute approximate surface area is 184 Å². The van der Waals surface area contributed by atoms with Gasteiger partial charge in [0, 0.05) is 50.5 Å². The SMILES string of the molecule is O=C(CN1CCN(CC(=O)N2CCCCC2)CC1)Nc1ccccc1-c1ccccc1. The van der Waals surface area contributed by atoms with Gasteiger partial charge >= 0.3 is 0 Å². The monoisotopic (exact) mass is 420 g/mol. The van der Waals surface area contributed by atoms with Gasteiger partial charge in [0.15, 0.2) is 0 Å². The molecule has 0 radical (unpaired) electrons. The van der Waals surface area contributed by atoms with Crippen molar-refractivity contribution >= 4 is 17.5 Å². The number of hydrogen-bond donors (Lipinski definition) is 1. The molecule has 2 saturated heterocycles. The fourth-order valence-corrected chi connectivity index (χ4v) is 4.39. The lowest BCUT2D eigenvalue weighted by Gasteiger charge is -2.35. The number of piperazine rings is 1. The standard InChI is InChI=1S/C25H32N4O2/c30-24(26-23-12-6-5-11-22(23)21-9-3-1-4-10-21)19-27-15-17-28(18-16-27)20-25(31)29-13-7-2-8-14-29/h1,3-6,9-12H,2,7-8,13-20H2,(H,26,30). The zero-order chi connectivity index (χ0) is 21.5. The van der Waals surface area contributed by atoms with E-state index in [4.69, 9.17) is 0 Å². The van der Waals surface area contributed by atoms with Crippen LogP contribution in [0.25, 0.3) is 11.1 Å². The predicted octanol–water partition coefficient (Wildman–Crippen LogP) is 2.92. The molecule has 0 atom stereocenters. The first kappa shape index (κ1) is 21.5. The van der Waals surface area contributed by atoms with Crippen molar-refractivity contribution in [3.63, 3.8) is 0 Å². The number of hydrogen-bond acceptors (Lipinski definition) is 4. The van der Waals surface area contributed by atoms with E-state index in [9.17, 15) is 9.59 Å². The Morgan fingerprint density at radius 3 is 2.03 bits per heavy atom. The Balaban J connectivity index is 1.25. The summed E-state index contributed by atoms with van der Waals surface area (Å²) in [6.45, 7) is 5.96. The number of nitrogens with zero attached hydrogens (tertiary/aromatic N) is 3. The summed E-state index contributed by atoms with van der Waals surface area (Å²) >= 11 is 0. The minimum atomic E-state index is 0.00113. The lowest BCUT2D eigenvalue weighted by atomic mass is 10.0. The molecule has 2 amide bonds. The Kier molecular flexibility index (Phi) is 7.33. The van der Waals surface area contributed by atoms with Gasteiger partial charge in [0.25, 0.3) is 0 Å². The fourth-order valence-electron chi connectivity index (χ4n) is 4.39. The van der Waals surface area contributed by atoms with Gasteiger partial charge in [0.05, 0.1) is 13.1 Å². The molecule has 2 aromatic carbocycles. The average molecular weight is 421 g/mol. The lowest BCUT2D eigenvalue weighted by Crippen LogP contribution is -2.51. The Morgan fingerprint density at radius 2 is 1.32 bits per heavy atom. The number of likely N-dealkylation sites (tertiary alicyclic amines) is 1. The molecule has 2 heterocycles. The summed E-state index contributed by atoms with van der Waals surface area (Å²) in [7, 11) is 0. The minimum Gasteiger partial charge on any atom is -0.342 e. The fraction of sp³-hybridized carbons (Fsp3) is 0.440. The van der Waals surface area contributed by atoms with E-state index in [0.717, 1.165) is 68.9 Å². The summed E-state index contributed by atoms with van der Waals surface area (Å²) in [6, 6.07) is 18.0. The zero-order valence-electron chi connectivity index (χ0n) is 18.1. The number of amides is 2. The Morgan fingerprint density at radius 1 is 0.710 bits per heavy atom. The van der Waals surface area contributed by atoms with Crippen LogP contribution in [0, 0.1) is 0 Å². The van der Waals surface area contributed by atoms with E-state index in [-0.39, 0.29) is 11.8 Å². The van der Waals surface area contributed by atoms with E-state index >= 15 is 0 Å². The molecule has 0 unspecified atom stereocenters. The van der Waals surface area contributed by atoms with Crippen LogP contribution >= 0.6 is 0 Å². The van der Waals surface area contributed by atoms with Crippen LogP contribution < -0.4 is 5.32 Å². The largest absolute Gasteiger partial charge is 0.342 e. The number of para-hydroxylation sites is 1. The van der Waals surface area contributed by atoms with Gasteiger partial charge in [-0.1, -0.05) is 48.5 Å². The molecular formula is C25H32N4O2. The topological polar surface area (TPSA) is 55.9 Å². The quantitative estimate of drug-likeness (QED) is 0.781. The van der Waals surface area contributed by atoms with Crippen molar-refractivity contribution in [1.29, 1.82) is 0 Å². The van der Waals surface area contributed by atoms with Crippen molar-refractivity contribution in [1.82, 2.24) is 14.7 Å². The van der Waals surface area contributed by atoms with Crippen LogP contribution in [0.5, 0.6) is 0 Å². The van der Waals surface area contributed by atoms with Gasteiger partial charge in [0.1, 0.15) is 0 Å². The summed E-state index contributed by atoms with van der Waals surface area (Å²) in [4.78, 5) is 31.6. The zero-order valence-corrected chi connectivity index (χ0v) is 18.1. The van der Waals surface area contributed by atoms with Crippen LogP contribution in [0.1, 0.15) is 19.3 Å². The summed E-state index contributed by atoms with van der Waals surface area (Å²) < 4.78 is 0. The molecule has 0 aliphatic carbocycles. The van der Waals surface area contributed by atoms with Gasteiger partial charge < -0.3 is 10.2 Å². The molecule has 2 aromatic rings. The van der Waals surface area contributed by atoms with Gasteiger partial charge in [-0.2, -0.15) is 0 Å². The normalized spacial score (nSPS) is 18.0. The molecule has 2 fully saturated rings. The van der Waals surface area contributed by atoms with Crippen LogP contribution in [0.2, 0.25) is 0 Å². The molecule has 1 N–H and O–H groups in total. The number of carbonyl (C=O) groups excluding carboxylic acids is 2. The molecule has 0 aromatic heterocycles. The van der Waals surface area contributed by atoms with Gasteiger partial charge in [-0.15, -0.1) is 0 Å². The molecule has 0 saturated carbocycles. The third-order valence-electron chi connectivity index (χ3n) is 6.19. The van der Waals surface area contributed by atoms with Gasteiger partial charge in [-0.05, 0) is 30.9 Å². The molecule has 2 aliphatic heterocycles. The van der Waals surface area contributed by atoms with Crippen LogP contribution in [0.15, 0.2) is 54.6 Å². The van der Waals surface area contributed by atoms with Crippen LogP contribution in [0.4, 0.5) is 5.69 Å². The van der Waals surface area contributed by atoms with Crippen LogP contribution in [0.3, 0.4) is 0 Å². The molecule has 31 heavy (non-hydrogen) atoms. The van der Waals surface area contributed by atoms with Crippen molar-refractivity contribution in [2.24, 2.45) is 0 Å². The second kappa shape index (κ2) is 10.6. The van der Waals surface area contributed by atoms with Crippen molar-refractivity contribution in [3.05, 3.63) is 54.6 Å². The highest BCUT2D eigenvalue weighted by Gasteiger charge is 2.23. The number of rotatable bonds is 6. The number of benzene rings is 2. The summed E-state index contributed by atoms with van der Waals surface area (Å²) in [6.07, 6.45) is 3.49. The average Bonchev–Trinajstić information content (AvgIpc) is 2.82. The van der Waals surface area contributed by atoms with E-state index in [2.05, 4.69) is 27.2 Å². The molecule has 6 heteroatoms. The van der Waals surface area contributed by atoms with Gasteiger partial charge in [-0.3, -0.25) is 19.4 Å². The highest BCUT2D eigenvalue weighted by molar-refractivity contribution is 5.96. The molecule has 0 spiro atoms. The summed E-state index contributed by atoms with van der Waals surface area (Å²) in [5.74, 6) is 0.254. The first-order valence-electron chi connectivity index (χ1n) is 11.4. The first-order valence-corrected chi connectivity index (χ1v) is 11.4. The first-order chi connectivity index (χ1) is 15.2. The molecular weight excluding hydrogens is 388 g/mol. The van der Waals surface area contributed by atoms with E-state index in [1.165, 1.54) is 6.42 Å². The van der Waals surface area contributed by atoms with E-state index < -0.39 is 0 Å². The third-order valence-corrected chi connectivity index (χ3v) is 6.19. The molecule has 0 bridgehead atoms. The maximum absolute atomic E-state index is 12.7. The van der Waals surface area contributed by atoms with E-state index in [1.54, 1.807) is 0 Å². The summed E-state index contributed by atoms with van der Waals surface area (Å²) in [5, 5.41) is 3.09. The second-order valence-electron chi connectivity index (χ2n) is 8.45. The Bertz CT molecular complexity index is 872. The molecule has 164 valence electrons. The van der Waals surface area contributed by atoms with Crippen LogP contribution in [-0.4, -0.2) is 78.9 Å². The smallest absolute Gasteiger partial charge is 0.238 e. The van der Waals surface area contributed by atoms with Crippen molar-refractivity contribution in [2.75, 3.05) is 57.7 Å². The van der Waals surface area contributed by atoms with Crippen molar-refractivity contribution in [3.8, 4) is 11.1 Å². The van der Waals surface area contributed by atoms with E-state index in [1.807, 2.05) is 47.4 Å². The second-order valence-corrected chi connectivity index (χ2v) is 8.45. The number of carbonyl (C=O) groups is 2. The van der Waals surface area contributed by atoms with E-state index in [0.29, 0.717) is 13.1 Å². The molecule has 4 rings (SSSR count). The maximum Gasteiger partial charge on any atom is 0.238 e. The highest BCUT2D eigenvalue weighted by Crippen LogP contribution is 2.27. The molecule has 6 nitrogen and oxygen atoms in total. The number of piperidine rings is 1. The van der Waals surface area contributed by atoms with Gasteiger partial charge in [-0.25, -0.2) is 0 Å². The third kappa shape index (κ3) is 5.93. The molecule has 2 aliphatic rings. The lowest BCUT2D eigenvalue weighted by molar-refractivity contribution is -0.134. The number of nitrogens with one attached hydrogen (secondary N) is 1. The van der Waals surface area contributed by atoms with Gasteiger partial charge in [0.2, 0.25) is 11.8 Å². The maximum atomic E-state index is 12.7. The van der Waals surface area contributed by atoms with Crippen molar-refractivity contribution in [2.45, 2.75) is 19.3 Å². The summed E-state index contributed by atoms with van der Waals surface area (Å²) in [5.41, 5.74) is 2.95. The highest BCUT2D eigenvalue weighted by atomic mass is 16.2. The minimum absolute atomic E-state index is 0.00113. The Hall–Kier alpha value is -2.70.